The summed E-state index contributed by atoms with van der Waals surface area (Å²) in [5, 5.41) is 6.34. The highest BCUT2D eigenvalue weighted by molar-refractivity contribution is 7.99. The molecule has 90 valence electrons. The number of hydrogen-bond acceptors (Lipinski definition) is 4. The second-order valence-corrected chi connectivity index (χ2v) is 5.05. The van der Waals surface area contributed by atoms with Gasteiger partial charge in [-0.05, 0) is 26.0 Å². The summed E-state index contributed by atoms with van der Waals surface area (Å²) in [5.41, 5.74) is 8.01. The van der Waals surface area contributed by atoms with Crippen LogP contribution in [-0.2, 0) is 7.05 Å². The first-order valence-corrected chi connectivity index (χ1v) is 6.28. The van der Waals surface area contributed by atoms with Gasteiger partial charge in [0.25, 0.3) is 0 Å². The van der Waals surface area contributed by atoms with Crippen molar-refractivity contribution in [3.05, 3.63) is 35.7 Å². The first-order chi connectivity index (χ1) is 8.08. The lowest BCUT2D eigenvalue weighted by atomic mass is 10.2. The van der Waals surface area contributed by atoms with Crippen molar-refractivity contribution < 1.29 is 0 Å². The predicted octanol–water partition coefficient (Wildman–Crippen LogP) is 2.29. The third-order valence-electron chi connectivity index (χ3n) is 2.45. The molecule has 2 aromatic heterocycles. The average Bonchev–Trinajstić information content (AvgIpc) is 2.58. The van der Waals surface area contributed by atoms with Crippen LogP contribution in [0.15, 0.2) is 34.4 Å². The average molecular weight is 248 g/mol. The van der Waals surface area contributed by atoms with Gasteiger partial charge in [0.2, 0.25) is 0 Å². The van der Waals surface area contributed by atoms with Gasteiger partial charge >= 0.3 is 0 Å². The molecule has 0 spiro atoms. The first-order valence-electron chi connectivity index (χ1n) is 5.47. The van der Waals surface area contributed by atoms with Crippen molar-refractivity contribution in [3.8, 4) is 0 Å². The number of nitrogens with two attached hydrogens (primary N) is 1. The molecular formula is C12H16N4S. The molecule has 0 radical (unpaired) electrons. The lowest BCUT2D eigenvalue weighted by Crippen LogP contribution is -2.07. The molecule has 0 unspecified atom stereocenters. The topological polar surface area (TPSA) is 56.7 Å². The summed E-state index contributed by atoms with van der Waals surface area (Å²) >= 11 is 1.60. The van der Waals surface area contributed by atoms with Crippen molar-refractivity contribution in [2.75, 3.05) is 0 Å². The number of aromatic nitrogens is 3. The molecule has 2 N–H and O–H groups in total. The highest BCUT2D eigenvalue weighted by Crippen LogP contribution is 2.30. The largest absolute Gasteiger partial charge is 0.324 e. The maximum atomic E-state index is 5.94. The lowest BCUT2D eigenvalue weighted by molar-refractivity contribution is 0.691. The molecule has 4 nitrogen and oxygen atoms in total. The Labute approximate surface area is 105 Å². The van der Waals surface area contributed by atoms with Crippen LogP contribution in [0.3, 0.4) is 0 Å². The number of nitrogens with zero attached hydrogens (tertiary/aromatic N) is 3. The molecule has 0 aromatic carbocycles. The molecule has 0 aliphatic carbocycles. The summed E-state index contributed by atoms with van der Waals surface area (Å²) in [6.07, 6.45) is 1.79. The quantitative estimate of drug-likeness (QED) is 0.905. The molecule has 0 aliphatic heterocycles. The molecule has 5 heteroatoms. The Morgan fingerprint density at radius 2 is 2.24 bits per heavy atom. The fourth-order valence-corrected chi connectivity index (χ4v) is 2.70. The van der Waals surface area contributed by atoms with E-state index in [1.54, 1.807) is 18.0 Å². The van der Waals surface area contributed by atoms with Crippen LogP contribution >= 0.6 is 11.8 Å². The summed E-state index contributed by atoms with van der Waals surface area (Å²) in [5.74, 6) is 0. The van der Waals surface area contributed by atoms with E-state index in [4.69, 9.17) is 5.73 Å². The number of pyridine rings is 1. The summed E-state index contributed by atoms with van der Waals surface area (Å²) in [6.45, 7) is 3.95. The Morgan fingerprint density at radius 1 is 1.47 bits per heavy atom. The van der Waals surface area contributed by atoms with Gasteiger partial charge in [0.05, 0.1) is 5.69 Å². The molecule has 2 heterocycles. The van der Waals surface area contributed by atoms with Crippen LogP contribution in [0, 0.1) is 6.92 Å². The monoisotopic (exact) mass is 248 g/mol. The molecule has 0 saturated heterocycles. The van der Waals surface area contributed by atoms with E-state index in [2.05, 4.69) is 10.1 Å². The van der Waals surface area contributed by atoms with Crippen LogP contribution in [-0.4, -0.2) is 14.8 Å². The third-order valence-corrected chi connectivity index (χ3v) is 3.58. The molecule has 0 bridgehead atoms. The van der Waals surface area contributed by atoms with Crippen LogP contribution in [0.2, 0.25) is 0 Å². The molecule has 17 heavy (non-hydrogen) atoms. The van der Waals surface area contributed by atoms with E-state index >= 15 is 0 Å². The Bertz CT molecular complexity index is 519. The predicted molar refractivity (Wildman–Crippen MR) is 68.9 cm³/mol. The van der Waals surface area contributed by atoms with Gasteiger partial charge < -0.3 is 5.73 Å². The van der Waals surface area contributed by atoms with Gasteiger partial charge in [-0.2, -0.15) is 5.10 Å². The van der Waals surface area contributed by atoms with Crippen molar-refractivity contribution in [1.29, 1.82) is 0 Å². The van der Waals surface area contributed by atoms with Crippen LogP contribution in [0.4, 0.5) is 0 Å². The van der Waals surface area contributed by atoms with E-state index in [1.807, 2.05) is 43.8 Å². The standard InChI is InChI=1S/C12H16N4S/c1-8-7-11(16(3)15-8)17-12-10(9(2)13)5-4-6-14-12/h4-7,9H,13H2,1-3H3/t9-/m1/s1. The lowest BCUT2D eigenvalue weighted by Gasteiger charge is -2.10. The van der Waals surface area contributed by atoms with E-state index < -0.39 is 0 Å². The van der Waals surface area contributed by atoms with Gasteiger partial charge in [-0.1, -0.05) is 17.8 Å². The fourth-order valence-electron chi connectivity index (χ4n) is 1.62. The van der Waals surface area contributed by atoms with Gasteiger partial charge in [-0.15, -0.1) is 0 Å². The normalized spacial score (nSPS) is 12.7. The molecule has 2 rings (SSSR count). The second kappa shape index (κ2) is 4.89. The van der Waals surface area contributed by atoms with Gasteiger partial charge in [0.1, 0.15) is 10.1 Å². The van der Waals surface area contributed by atoms with Crippen molar-refractivity contribution in [1.82, 2.24) is 14.8 Å². The minimum Gasteiger partial charge on any atom is -0.324 e. The van der Waals surface area contributed by atoms with Gasteiger partial charge in [-0.25, -0.2) is 4.98 Å². The van der Waals surface area contributed by atoms with Crippen molar-refractivity contribution in [2.24, 2.45) is 12.8 Å². The minimum atomic E-state index is -0.0134. The third kappa shape index (κ3) is 2.68. The molecule has 0 amide bonds. The van der Waals surface area contributed by atoms with Crippen LogP contribution in [0.1, 0.15) is 24.2 Å². The summed E-state index contributed by atoms with van der Waals surface area (Å²) < 4.78 is 1.86. The maximum absolute atomic E-state index is 5.94. The smallest absolute Gasteiger partial charge is 0.107 e. The first kappa shape index (κ1) is 12.1. The highest BCUT2D eigenvalue weighted by atomic mass is 32.2. The number of aryl methyl sites for hydroxylation is 2. The molecule has 2 aromatic rings. The summed E-state index contributed by atoms with van der Waals surface area (Å²) in [4.78, 5) is 4.39. The van der Waals surface area contributed by atoms with Gasteiger partial charge in [-0.3, -0.25) is 4.68 Å². The van der Waals surface area contributed by atoms with Crippen molar-refractivity contribution in [2.45, 2.75) is 29.9 Å². The van der Waals surface area contributed by atoms with Crippen molar-refractivity contribution >= 4 is 11.8 Å². The second-order valence-electron chi connectivity index (χ2n) is 4.04. The molecule has 1 atom stereocenters. The zero-order chi connectivity index (χ0) is 12.4. The Kier molecular flexibility index (Phi) is 3.49. The molecule has 0 saturated carbocycles. The molecular weight excluding hydrogens is 232 g/mol. The zero-order valence-corrected chi connectivity index (χ0v) is 11.0. The van der Waals surface area contributed by atoms with E-state index in [0.29, 0.717) is 0 Å². The van der Waals surface area contributed by atoms with Gasteiger partial charge in [0.15, 0.2) is 0 Å². The number of hydrogen-bond donors (Lipinski definition) is 1. The van der Waals surface area contributed by atoms with Gasteiger partial charge in [0, 0.05) is 24.8 Å². The van der Waals surface area contributed by atoms with E-state index in [1.165, 1.54) is 0 Å². The molecule has 0 fully saturated rings. The maximum Gasteiger partial charge on any atom is 0.107 e. The van der Waals surface area contributed by atoms with E-state index in [-0.39, 0.29) is 6.04 Å². The van der Waals surface area contributed by atoms with Crippen molar-refractivity contribution in [3.63, 3.8) is 0 Å². The Balaban J connectivity index is 2.33. The zero-order valence-electron chi connectivity index (χ0n) is 10.2. The fraction of sp³-hybridized carbons (Fsp3) is 0.333. The number of rotatable bonds is 3. The van der Waals surface area contributed by atoms with Crippen LogP contribution in [0.25, 0.3) is 0 Å². The summed E-state index contributed by atoms with van der Waals surface area (Å²) in [6, 6.07) is 5.96. The molecule has 0 aliphatic rings. The van der Waals surface area contributed by atoms with Crippen LogP contribution < -0.4 is 5.73 Å². The van der Waals surface area contributed by atoms with E-state index in [0.717, 1.165) is 21.3 Å². The summed E-state index contributed by atoms with van der Waals surface area (Å²) in [7, 11) is 1.93. The van der Waals surface area contributed by atoms with Crippen LogP contribution in [0.5, 0.6) is 0 Å². The Morgan fingerprint density at radius 3 is 2.82 bits per heavy atom. The Hall–Kier alpha value is -1.33. The van der Waals surface area contributed by atoms with E-state index in [9.17, 15) is 0 Å². The highest BCUT2D eigenvalue weighted by Gasteiger charge is 2.11. The minimum absolute atomic E-state index is 0.0134. The SMILES string of the molecule is Cc1cc(Sc2ncccc2[C@@H](C)N)n(C)n1.